The van der Waals surface area contributed by atoms with E-state index in [0.29, 0.717) is 13.0 Å². The number of H-pyrrole nitrogens is 1. The van der Waals surface area contributed by atoms with E-state index in [9.17, 15) is 24.5 Å². The van der Waals surface area contributed by atoms with E-state index in [1.54, 1.807) is 0 Å². The maximum absolute atomic E-state index is 12.5. The number of carbonyl (C=O) groups excluding carboxylic acids is 3. The van der Waals surface area contributed by atoms with Crippen molar-refractivity contribution >= 4 is 34.4 Å². The number of aromatic amines is 1. The van der Waals surface area contributed by atoms with Crippen LogP contribution in [0.15, 0.2) is 42.5 Å². The fraction of sp³-hybridized carbons (Fsp3) is 0.200. The lowest BCUT2D eigenvalue weighted by molar-refractivity contribution is -0.385. The van der Waals surface area contributed by atoms with Crippen LogP contribution in [0.3, 0.4) is 0 Å². The zero-order valence-electron chi connectivity index (χ0n) is 15.8. The van der Waals surface area contributed by atoms with Crippen LogP contribution in [0.1, 0.15) is 33.0 Å². The van der Waals surface area contributed by atoms with E-state index in [-0.39, 0.29) is 30.0 Å². The van der Waals surface area contributed by atoms with E-state index in [1.807, 2.05) is 24.3 Å². The Bertz CT molecular complexity index is 1150. The zero-order chi connectivity index (χ0) is 21.3. The summed E-state index contributed by atoms with van der Waals surface area (Å²) in [7, 11) is 0. The molecule has 0 unspecified atom stereocenters. The average molecular weight is 407 g/mol. The minimum absolute atomic E-state index is 0.0144. The Morgan fingerprint density at radius 3 is 2.70 bits per heavy atom. The first-order valence-corrected chi connectivity index (χ1v) is 9.29. The number of amides is 3. The summed E-state index contributed by atoms with van der Waals surface area (Å²) in [6.07, 6.45) is 0.402. The van der Waals surface area contributed by atoms with Crippen molar-refractivity contribution < 1.29 is 19.3 Å². The summed E-state index contributed by atoms with van der Waals surface area (Å²) >= 11 is 0. The number of para-hydroxylation sites is 2. The molecule has 0 saturated carbocycles. The second-order valence-corrected chi connectivity index (χ2v) is 6.77. The number of imide groups is 1. The highest BCUT2D eigenvalue weighted by Crippen LogP contribution is 2.30. The fourth-order valence-corrected chi connectivity index (χ4v) is 3.42. The minimum Gasteiger partial charge on any atom is -0.356 e. The van der Waals surface area contributed by atoms with E-state index < -0.39 is 22.4 Å². The Balaban J connectivity index is 1.31. The van der Waals surface area contributed by atoms with Crippen LogP contribution in [-0.2, 0) is 11.2 Å². The number of hydrogen-bond acceptors (Lipinski definition) is 6. The summed E-state index contributed by atoms with van der Waals surface area (Å²) in [5.74, 6) is -0.979. The van der Waals surface area contributed by atoms with Gasteiger partial charge in [-0.2, -0.15) is 0 Å². The number of benzene rings is 2. The zero-order valence-corrected chi connectivity index (χ0v) is 15.8. The number of nitro groups is 1. The number of fused-ring (bicyclic) bond motifs is 2. The Morgan fingerprint density at radius 1 is 1.13 bits per heavy atom. The molecule has 1 aliphatic rings. The minimum atomic E-state index is -0.752. The first-order chi connectivity index (χ1) is 14.5. The molecule has 0 atom stereocenters. The molecule has 2 aromatic carbocycles. The first kappa shape index (κ1) is 19.2. The highest BCUT2D eigenvalue weighted by Gasteiger charge is 2.40. The third kappa shape index (κ3) is 3.50. The van der Waals surface area contributed by atoms with Crippen LogP contribution in [0.2, 0.25) is 0 Å². The van der Waals surface area contributed by atoms with Crippen LogP contribution in [0.4, 0.5) is 5.69 Å². The summed E-state index contributed by atoms with van der Waals surface area (Å²) in [5, 5.41) is 13.9. The van der Waals surface area contributed by atoms with Crippen LogP contribution < -0.4 is 5.32 Å². The van der Waals surface area contributed by atoms with Gasteiger partial charge in [0.1, 0.15) is 11.4 Å². The molecule has 0 spiro atoms. The normalized spacial score (nSPS) is 13.0. The quantitative estimate of drug-likeness (QED) is 0.348. The van der Waals surface area contributed by atoms with Gasteiger partial charge in [-0.3, -0.25) is 29.4 Å². The molecule has 0 bridgehead atoms. The molecule has 2 heterocycles. The molecule has 0 radical (unpaired) electrons. The number of rotatable bonds is 7. The third-order valence-electron chi connectivity index (χ3n) is 4.86. The predicted molar refractivity (Wildman–Crippen MR) is 106 cm³/mol. The fourth-order valence-electron chi connectivity index (χ4n) is 3.42. The number of aromatic nitrogens is 2. The van der Waals surface area contributed by atoms with Crippen molar-refractivity contribution in [2.75, 3.05) is 13.1 Å². The second kappa shape index (κ2) is 7.74. The Hall–Kier alpha value is -4.08. The number of nitrogens with zero attached hydrogens (tertiary/aromatic N) is 3. The molecule has 0 saturated heterocycles. The average Bonchev–Trinajstić information content (AvgIpc) is 3.25. The molecule has 2 N–H and O–H groups in total. The van der Waals surface area contributed by atoms with Crippen LogP contribution in [-0.4, -0.2) is 50.6 Å². The summed E-state index contributed by atoms with van der Waals surface area (Å²) in [6, 6.07) is 11.5. The van der Waals surface area contributed by atoms with E-state index in [2.05, 4.69) is 15.3 Å². The van der Waals surface area contributed by atoms with Gasteiger partial charge >= 0.3 is 0 Å². The maximum atomic E-state index is 12.5. The lowest BCUT2D eigenvalue weighted by Crippen LogP contribution is -2.35. The van der Waals surface area contributed by atoms with Gasteiger partial charge in [-0.05, 0) is 18.2 Å². The predicted octanol–water partition coefficient (Wildman–Crippen LogP) is 1.82. The summed E-state index contributed by atoms with van der Waals surface area (Å²) in [5.41, 5.74) is 1.11. The van der Waals surface area contributed by atoms with Gasteiger partial charge < -0.3 is 10.3 Å². The van der Waals surface area contributed by atoms with Crippen molar-refractivity contribution in [1.29, 1.82) is 0 Å². The van der Waals surface area contributed by atoms with Crippen LogP contribution in [0.25, 0.3) is 11.0 Å². The van der Waals surface area contributed by atoms with Crippen molar-refractivity contribution in [2.24, 2.45) is 0 Å². The van der Waals surface area contributed by atoms with Gasteiger partial charge in [-0.1, -0.05) is 18.2 Å². The van der Waals surface area contributed by atoms with Crippen molar-refractivity contribution in [3.05, 3.63) is 69.5 Å². The van der Waals surface area contributed by atoms with Gasteiger partial charge in [-0.15, -0.1) is 0 Å². The van der Waals surface area contributed by atoms with Crippen LogP contribution in [0.5, 0.6) is 0 Å². The number of nitro benzene ring substituents is 1. The van der Waals surface area contributed by atoms with Crippen LogP contribution >= 0.6 is 0 Å². The molecule has 1 aromatic heterocycles. The lowest BCUT2D eigenvalue weighted by atomic mass is 10.1. The summed E-state index contributed by atoms with van der Waals surface area (Å²) < 4.78 is 0. The molecule has 1 aliphatic heterocycles. The topological polar surface area (TPSA) is 138 Å². The van der Waals surface area contributed by atoms with Gasteiger partial charge in [0, 0.05) is 32.0 Å². The third-order valence-corrected chi connectivity index (χ3v) is 4.86. The molecule has 3 aromatic rings. The first-order valence-electron chi connectivity index (χ1n) is 9.29. The summed E-state index contributed by atoms with van der Waals surface area (Å²) in [4.78, 5) is 55.9. The number of hydrogen-bond donors (Lipinski definition) is 2. The van der Waals surface area contributed by atoms with Gasteiger partial charge in [-0.25, -0.2) is 4.98 Å². The van der Waals surface area contributed by atoms with Gasteiger partial charge in [0.2, 0.25) is 5.91 Å². The largest absolute Gasteiger partial charge is 0.356 e. The van der Waals surface area contributed by atoms with Crippen molar-refractivity contribution in [3.63, 3.8) is 0 Å². The Kier molecular flexibility index (Phi) is 4.97. The van der Waals surface area contributed by atoms with Gasteiger partial charge in [0.15, 0.2) is 0 Å². The maximum Gasteiger partial charge on any atom is 0.282 e. The van der Waals surface area contributed by atoms with E-state index in [4.69, 9.17) is 0 Å². The molecule has 0 fully saturated rings. The van der Waals surface area contributed by atoms with Crippen molar-refractivity contribution in [1.82, 2.24) is 20.2 Å². The van der Waals surface area contributed by atoms with Crippen LogP contribution in [0, 0.1) is 10.1 Å². The highest BCUT2D eigenvalue weighted by molar-refractivity contribution is 6.23. The molecule has 152 valence electrons. The standard InChI is InChI=1S/C20H17N5O5/c26-17(21-10-8-16-22-13-5-1-2-6-14(13)23-16)9-11-24-19(27)12-4-3-7-15(25(29)30)18(12)20(24)28/h1-7H,8-11H2,(H,21,26)(H,22,23). The molecular weight excluding hydrogens is 390 g/mol. The Labute approximate surface area is 170 Å². The molecule has 10 heteroatoms. The molecule has 4 rings (SSSR count). The molecule has 0 aliphatic carbocycles. The Morgan fingerprint density at radius 2 is 1.93 bits per heavy atom. The lowest BCUT2D eigenvalue weighted by Gasteiger charge is -2.13. The van der Waals surface area contributed by atoms with E-state index in [1.165, 1.54) is 18.2 Å². The summed E-state index contributed by atoms with van der Waals surface area (Å²) in [6.45, 7) is 0.187. The number of carbonyl (C=O) groups is 3. The van der Waals surface area contributed by atoms with E-state index >= 15 is 0 Å². The highest BCUT2D eigenvalue weighted by atomic mass is 16.6. The monoisotopic (exact) mass is 407 g/mol. The smallest absolute Gasteiger partial charge is 0.282 e. The van der Waals surface area contributed by atoms with Gasteiger partial charge in [0.25, 0.3) is 17.5 Å². The van der Waals surface area contributed by atoms with E-state index in [0.717, 1.165) is 21.8 Å². The molecule has 10 nitrogen and oxygen atoms in total. The second-order valence-electron chi connectivity index (χ2n) is 6.77. The van der Waals surface area contributed by atoms with Gasteiger partial charge in [0.05, 0.1) is 21.5 Å². The SMILES string of the molecule is O=C(CCN1C(=O)c2cccc([N+](=O)[O-])c2C1=O)NCCc1nc2ccccc2[nH]1. The molecule has 30 heavy (non-hydrogen) atoms. The molecule has 3 amide bonds. The van der Waals surface area contributed by atoms with Crippen molar-refractivity contribution in [2.45, 2.75) is 12.8 Å². The number of imidazole rings is 1. The molecular formula is C20H17N5O5. The number of nitrogens with one attached hydrogen (secondary N) is 2. The van der Waals surface area contributed by atoms with Crippen molar-refractivity contribution in [3.8, 4) is 0 Å².